The molecule has 0 bridgehead atoms. The molecule has 130 valence electrons. The molecule has 0 aliphatic carbocycles. The number of carbonyl (C=O) groups is 1. The molecule has 0 saturated heterocycles. The maximum Gasteiger partial charge on any atom is 0.303 e. The second-order valence-electron chi connectivity index (χ2n) is 5.47. The second kappa shape index (κ2) is 7.37. The highest BCUT2D eigenvalue weighted by atomic mass is 35.5. The van der Waals surface area contributed by atoms with Crippen molar-refractivity contribution in [2.24, 2.45) is 0 Å². The van der Waals surface area contributed by atoms with E-state index < -0.39 is 23.4 Å². The van der Waals surface area contributed by atoms with Gasteiger partial charge in [-0.25, -0.2) is 8.78 Å². The lowest BCUT2D eigenvalue weighted by Crippen LogP contribution is -2.02. The highest BCUT2D eigenvalue weighted by molar-refractivity contribution is 7.17. The van der Waals surface area contributed by atoms with E-state index in [4.69, 9.17) is 21.4 Å². The number of halogens is 3. The molecule has 2 aromatic carbocycles. The molecule has 0 aliphatic rings. The molecule has 0 spiro atoms. The third-order valence-corrected chi connectivity index (χ3v) is 4.92. The maximum absolute atomic E-state index is 14.1. The van der Waals surface area contributed by atoms with Gasteiger partial charge in [0.2, 0.25) is 0 Å². The number of carboxylic acid groups (broad SMARTS) is 1. The van der Waals surface area contributed by atoms with E-state index in [1.54, 1.807) is 12.1 Å². The largest absolute Gasteiger partial charge is 0.483 e. The first-order valence-corrected chi connectivity index (χ1v) is 8.68. The summed E-state index contributed by atoms with van der Waals surface area (Å²) < 4.78 is 34.6. The van der Waals surface area contributed by atoms with Crippen LogP contribution in [0.3, 0.4) is 0 Å². The van der Waals surface area contributed by atoms with Gasteiger partial charge in [-0.2, -0.15) is 0 Å². The lowest BCUT2D eigenvalue weighted by molar-refractivity contribution is -0.136. The first-order valence-electron chi connectivity index (χ1n) is 7.42. The van der Waals surface area contributed by atoms with Gasteiger partial charge in [0.05, 0.1) is 0 Å². The standard InChI is InChI=1S/C18H13ClF2O3S/c19-12-2-3-16-13(7-12)11(9-25-16)8-24-18-14(20)5-10(6-15(18)21)1-4-17(22)23/h2-3,5-7,9H,1,4,8H2,(H,22,23). The van der Waals surface area contributed by atoms with E-state index in [0.29, 0.717) is 5.02 Å². The molecule has 3 rings (SSSR count). The van der Waals surface area contributed by atoms with Crippen molar-refractivity contribution < 1.29 is 23.4 Å². The molecule has 0 radical (unpaired) electrons. The quantitative estimate of drug-likeness (QED) is 0.618. The number of thiophene rings is 1. The number of benzene rings is 2. The van der Waals surface area contributed by atoms with Gasteiger partial charge in [-0.1, -0.05) is 11.6 Å². The lowest BCUT2D eigenvalue weighted by Gasteiger charge is -2.10. The van der Waals surface area contributed by atoms with Crippen LogP contribution < -0.4 is 4.74 Å². The van der Waals surface area contributed by atoms with Crippen molar-refractivity contribution in [2.75, 3.05) is 0 Å². The molecule has 0 saturated carbocycles. The molecule has 0 aliphatic heterocycles. The van der Waals surface area contributed by atoms with Gasteiger partial charge < -0.3 is 9.84 Å². The smallest absolute Gasteiger partial charge is 0.303 e. The van der Waals surface area contributed by atoms with E-state index in [1.807, 2.05) is 11.4 Å². The molecular weight excluding hydrogens is 370 g/mol. The third-order valence-electron chi connectivity index (χ3n) is 3.67. The Balaban J connectivity index is 1.78. The van der Waals surface area contributed by atoms with Crippen LogP contribution in [-0.2, 0) is 17.8 Å². The van der Waals surface area contributed by atoms with Gasteiger partial charge in [-0.15, -0.1) is 11.3 Å². The molecule has 3 aromatic rings. The van der Waals surface area contributed by atoms with Crippen LogP contribution in [0.2, 0.25) is 5.02 Å². The Kier molecular flexibility index (Phi) is 5.20. The summed E-state index contributed by atoms with van der Waals surface area (Å²) >= 11 is 7.48. The van der Waals surface area contributed by atoms with E-state index in [-0.39, 0.29) is 25.0 Å². The van der Waals surface area contributed by atoms with E-state index in [9.17, 15) is 13.6 Å². The van der Waals surface area contributed by atoms with Crippen molar-refractivity contribution >= 4 is 39.0 Å². The van der Waals surface area contributed by atoms with Gasteiger partial charge in [-0.05, 0) is 47.7 Å². The summed E-state index contributed by atoms with van der Waals surface area (Å²) in [6.45, 7) is 0.00263. The van der Waals surface area contributed by atoms with Gasteiger partial charge in [-0.3, -0.25) is 4.79 Å². The average Bonchev–Trinajstić information content (AvgIpc) is 2.94. The number of fused-ring (bicyclic) bond motifs is 1. The Morgan fingerprint density at radius 1 is 1.20 bits per heavy atom. The van der Waals surface area contributed by atoms with Crippen molar-refractivity contribution in [2.45, 2.75) is 19.4 Å². The van der Waals surface area contributed by atoms with Crippen LogP contribution in [0, 0.1) is 11.6 Å². The molecule has 7 heteroatoms. The van der Waals surface area contributed by atoms with Crippen LogP contribution in [0.5, 0.6) is 5.75 Å². The predicted molar refractivity (Wildman–Crippen MR) is 93.5 cm³/mol. The number of hydrogen-bond acceptors (Lipinski definition) is 3. The fourth-order valence-corrected chi connectivity index (χ4v) is 3.56. The van der Waals surface area contributed by atoms with Crippen LogP contribution >= 0.6 is 22.9 Å². The topological polar surface area (TPSA) is 46.5 Å². The SMILES string of the molecule is O=C(O)CCc1cc(F)c(OCc2csc3ccc(Cl)cc23)c(F)c1. The van der Waals surface area contributed by atoms with E-state index in [2.05, 4.69) is 0 Å². The van der Waals surface area contributed by atoms with Crippen molar-refractivity contribution in [3.63, 3.8) is 0 Å². The summed E-state index contributed by atoms with van der Waals surface area (Å²) in [5.74, 6) is -3.19. The summed E-state index contributed by atoms with van der Waals surface area (Å²) in [5, 5.41) is 12.0. The van der Waals surface area contributed by atoms with Gasteiger partial charge in [0.15, 0.2) is 17.4 Å². The van der Waals surface area contributed by atoms with Crippen molar-refractivity contribution in [3.05, 3.63) is 63.5 Å². The zero-order valence-corrected chi connectivity index (χ0v) is 14.5. The van der Waals surface area contributed by atoms with Gasteiger partial charge in [0.25, 0.3) is 0 Å². The molecule has 0 atom stereocenters. The highest BCUT2D eigenvalue weighted by Gasteiger charge is 2.15. The third kappa shape index (κ3) is 4.08. The summed E-state index contributed by atoms with van der Waals surface area (Å²) in [7, 11) is 0. The zero-order chi connectivity index (χ0) is 18.0. The molecule has 0 unspecified atom stereocenters. The number of aliphatic carboxylic acids is 1. The summed E-state index contributed by atoms with van der Waals surface area (Å²) in [4.78, 5) is 10.6. The number of rotatable bonds is 6. The molecule has 25 heavy (non-hydrogen) atoms. The fraction of sp³-hybridized carbons (Fsp3) is 0.167. The number of carboxylic acids is 1. The molecule has 1 heterocycles. The minimum atomic E-state index is -1.02. The minimum Gasteiger partial charge on any atom is -0.483 e. The molecular formula is C18H13ClF2O3S. The first-order chi connectivity index (χ1) is 11.9. The molecule has 0 fully saturated rings. The second-order valence-corrected chi connectivity index (χ2v) is 6.82. The molecule has 1 aromatic heterocycles. The van der Waals surface area contributed by atoms with Crippen LogP contribution in [0.4, 0.5) is 8.78 Å². The Bertz CT molecular complexity index is 916. The Labute approximate surface area is 151 Å². The number of hydrogen-bond donors (Lipinski definition) is 1. The van der Waals surface area contributed by atoms with Gasteiger partial charge in [0, 0.05) is 27.1 Å². The summed E-state index contributed by atoms with van der Waals surface area (Å²) in [5.41, 5.74) is 1.06. The lowest BCUT2D eigenvalue weighted by atomic mass is 10.1. The Morgan fingerprint density at radius 2 is 1.92 bits per heavy atom. The van der Waals surface area contributed by atoms with Crippen LogP contribution in [-0.4, -0.2) is 11.1 Å². The summed E-state index contributed by atoms with van der Waals surface area (Å²) in [6.07, 6.45) is -0.141. The molecule has 3 nitrogen and oxygen atoms in total. The van der Waals surface area contributed by atoms with Gasteiger partial charge >= 0.3 is 5.97 Å². The van der Waals surface area contributed by atoms with Gasteiger partial charge in [0.1, 0.15) is 6.61 Å². The maximum atomic E-state index is 14.1. The monoisotopic (exact) mass is 382 g/mol. The normalized spacial score (nSPS) is 11.0. The van der Waals surface area contributed by atoms with Crippen molar-refractivity contribution in [1.29, 1.82) is 0 Å². The summed E-state index contributed by atoms with van der Waals surface area (Å²) in [6, 6.07) is 7.64. The first kappa shape index (κ1) is 17.6. The van der Waals surface area contributed by atoms with Crippen LogP contribution in [0.25, 0.3) is 10.1 Å². The highest BCUT2D eigenvalue weighted by Crippen LogP contribution is 2.31. The average molecular weight is 383 g/mol. The zero-order valence-electron chi connectivity index (χ0n) is 12.9. The molecule has 1 N–H and O–H groups in total. The van der Waals surface area contributed by atoms with E-state index in [0.717, 1.165) is 27.8 Å². The number of aryl methyl sites for hydroxylation is 1. The van der Waals surface area contributed by atoms with Crippen molar-refractivity contribution in [3.8, 4) is 5.75 Å². The van der Waals surface area contributed by atoms with Crippen LogP contribution in [0.1, 0.15) is 17.5 Å². The van der Waals surface area contributed by atoms with E-state index in [1.165, 1.54) is 11.3 Å². The fourth-order valence-electron chi connectivity index (χ4n) is 2.46. The predicted octanol–water partition coefficient (Wildman–Crippen LogP) is 5.43. The van der Waals surface area contributed by atoms with Crippen molar-refractivity contribution in [1.82, 2.24) is 0 Å². The number of ether oxygens (including phenoxy) is 1. The molecule has 0 amide bonds. The van der Waals surface area contributed by atoms with E-state index >= 15 is 0 Å². The minimum absolute atomic E-state index is 0.00263. The Hall–Kier alpha value is -2.18. The Morgan fingerprint density at radius 3 is 2.60 bits per heavy atom. The van der Waals surface area contributed by atoms with Crippen LogP contribution in [0.15, 0.2) is 35.7 Å².